The third-order valence-corrected chi connectivity index (χ3v) is 4.12. The molecule has 24 heavy (non-hydrogen) atoms. The monoisotopic (exact) mass is 329 g/mol. The summed E-state index contributed by atoms with van der Waals surface area (Å²) in [6, 6.07) is 7.60. The van der Waals surface area contributed by atoms with E-state index in [0.717, 1.165) is 23.9 Å². The lowest BCUT2D eigenvalue weighted by molar-refractivity contribution is -0.121. The SMILES string of the molecule is CC(C)NC(=O)N1CCC[C@H](C(=O)Nc2nc3ccccc3[nH]2)C1. The average molecular weight is 329 g/mol. The van der Waals surface area contributed by atoms with E-state index in [1.165, 1.54) is 0 Å². The van der Waals surface area contributed by atoms with Gasteiger partial charge < -0.3 is 15.2 Å². The van der Waals surface area contributed by atoms with Gasteiger partial charge in [0, 0.05) is 19.1 Å². The molecule has 1 aromatic heterocycles. The number of rotatable bonds is 3. The van der Waals surface area contributed by atoms with E-state index in [4.69, 9.17) is 0 Å². The summed E-state index contributed by atoms with van der Waals surface area (Å²) in [7, 11) is 0. The van der Waals surface area contributed by atoms with Gasteiger partial charge in [-0.1, -0.05) is 12.1 Å². The van der Waals surface area contributed by atoms with E-state index in [1.807, 2.05) is 38.1 Å². The molecule has 1 aromatic carbocycles. The molecule has 128 valence electrons. The molecule has 7 heteroatoms. The first-order valence-corrected chi connectivity index (χ1v) is 8.34. The first-order valence-electron chi connectivity index (χ1n) is 8.34. The van der Waals surface area contributed by atoms with Crippen molar-refractivity contribution in [2.24, 2.45) is 5.92 Å². The molecular weight excluding hydrogens is 306 g/mol. The molecule has 0 saturated carbocycles. The summed E-state index contributed by atoms with van der Waals surface area (Å²) in [6.45, 7) is 4.97. The fourth-order valence-corrected chi connectivity index (χ4v) is 2.94. The number of urea groups is 1. The van der Waals surface area contributed by atoms with E-state index in [0.29, 0.717) is 19.0 Å². The Kier molecular flexibility index (Phi) is 4.69. The maximum absolute atomic E-state index is 12.5. The van der Waals surface area contributed by atoms with Crippen molar-refractivity contribution in [3.63, 3.8) is 0 Å². The van der Waals surface area contributed by atoms with Gasteiger partial charge in [0.05, 0.1) is 17.0 Å². The Labute approximate surface area is 140 Å². The van der Waals surface area contributed by atoms with Crippen LogP contribution in [0.2, 0.25) is 0 Å². The van der Waals surface area contributed by atoms with Crippen LogP contribution in [0.4, 0.5) is 10.7 Å². The number of benzene rings is 1. The molecule has 7 nitrogen and oxygen atoms in total. The number of hydrogen-bond donors (Lipinski definition) is 3. The number of fused-ring (bicyclic) bond motifs is 1. The molecule has 1 aliphatic rings. The van der Waals surface area contributed by atoms with Crippen molar-refractivity contribution in [1.82, 2.24) is 20.2 Å². The van der Waals surface area contributed by atoms with Crippen LogP contribution in [-0.2, 0) is 4.79 Å². The van der Waals surface area contributed by atoms with E-state index in [2.05, 4.69) is 20.6 Å². The molecule has 0 bridgehead atoms. The predicted octanol–water partition coefficient (Wildman–Crippen LogP) is 2.33. The van der Waals surface area contributed by atoms with Gasteiger partial charge in [-0.05, 0) is 38.8 Å². The van der Waals surface area contributed by atoms with Crippen LogP contribution in [0.1, 0.15) is 26.7 Å². The fraction of sp³-hybridized carbons (Fsp3) is 0.471. The van der Waals surface area contributed by atoms with Crippen molar-refractivity contribution >= 4 is 28.9 Å². The summed E-state index contributed by atoms with van der Waals surface area (Å²) in [5.41, 5.74) is 1.70. The Morgan fingerprint density at radius 3 is 2.88 bits per heavy atom. The molecule has 1 atom stereocenters. The molecule has 0 radical (unpaired) electrons. The van der Waals surface area contributed by atoms with Crippen molar-refractivity contribution in [2.45, 2.75) is 32.7 Å². The van der Waals surface area contributed by atoms with Gasteiger partial charge >= 0.3 is 6.03 Å². The Balaban J connectivity index is 1.62. The summed E-state index contributed by atoms with van der Waals surface area (Å²) in [5.74, 6) is 0.130. The number of piperidine rings is 1. The number of hydrogen-bond acceptors (Lipinski definition) is 3. The van der Waals surface area contributed by atoms with Crippen LogP contribution in [0.3, 0.4) is 0 Å². The van der Waals surface area contributed by atoms with Crippen LogP contribution < -0.4 is 10.6 Å². The van der Waals surface area contributed by atoms with E-state index < -0.39 is 0 Å². The summed E-state index contributed by atoms with van der Waals surface area (Å²) in [4.78, 5) is 33.8. The number of carbonyl (C=O) groups excluding carboxylic acids is 2. The zero-order valence-electron chi connectivity index (χ0n) is 14.0. The highest BCUT2D eigenvalue weighted by Crippen LogP contribution is 2.19. The quantitative estimate of drug-likeness (QED) is 0.807. The normalized spacial score (nSPS) is 18.0. The Morgan fingerprint density at radius 2 is 2.12 bits per heavy atom. The lowest BCUT2D eigenvalue weighted by Gasteiger charge is -2.32. The van der Waals surface area contributed by atoms with Gasteiger partial charge in [-0.2, -0.15) is 0 Å². The Hall–Kier alpha value is -2.57. The second-order valence-electron chi connectivity index (χ2n) is 6.48. The average Bonchev–Trinajstić information content (AvgIpc) is 2.96. The van der Waals surface area contributed by atoms with E-state index in [9.17, 15) is 9.59 Å². The summed E-state index contributed by atoms with van der Waals surface area (Å²) >= 11 is 0. The number of nitrogens with one attached hydrogen (secondary N) is 3. The van der Waals surface area contributed by atoms with Crippen molar-refractivity contribution in [3.05, 3.63) is 24.3 Å². The number of H-pyrrole nitrogens is 1. The minimum atomic E-state index is -0.218. The highest BCUT2D eigenvalue weighted by molar-refractivity contribution is 5.93. The molecule has 0 unspecified atom stereocenters. The number of aromatic amines is 1. The molecule has 0 spiro atoms. The summed E-state index contributed by atoms with van der Waals surface area (Å²) < 4.78 is 0. The molecule has 2 heterocycles. The minimum Gasteiger partial charge on any atom is -0.336 e. The number of carbonyl (C=O) groups is 2. The molecule has 3 N–H and O–H groups in total. The highest BCUT2D eigenvalue weighted by Gasteiger charge is 2.29. The van der Waals surface area contributed by atoms with Gasteiger partial charge in [0.1, 0.15) is 0 Å². The minimum absolute atomic E-state index is 0.0854. The number of para-hydroxylation sites is 2. The molecule has 3 rings (SSSR count). The molecule has 0 aliphatic carbocycles. The van der Waals surface area contributed by atoms with Gasteiger partial charge in [0.25, 0.3) is 0 Å². The molecule has 1 saturated heterocycles. The molecule has 3 amide bonds. The number of likely N-dealkylation sites (tertiary alicyclic amines) is 1. The van der Waals surface area contributed by atoms with E-state index >= 15 is 0 Å². The van der Waals surface area contributed by atoms with Crippen molar-refractivity contribution < 1.29 is 9.59 Å². The predicted molar refractivity (Wildman–Crippen MR) is 92.7 cm³/mol. The summed E-state index contributed by atoms with van der Waals surface area (Å²) in [6.07, 6.45) is 1.60. The van der Waals surface area contributed by atoms with Crippen LogP contribution in [0.15, 0.2) is 24.3 Å². The van der Waals surface area contributed by atoms with Gasteiger partial charge in [0.2, 0.25) is 11.9 Å². The van der Waals surface area contributed by atoms with Gasteiger partial charge in [-0.3, -0.25) is 10.1 Å². The lowest BCUT2D eigenvalue weighted by atomic mass is 9.97. The number of imidazole rings is 1. The number of anilines is 1. The first kappa shape index (κ1) is 16.3. The zero-order chi connectivity index (χ0) is 17.1. The largest absolute Gasteiger partial charge is 0.336 e. The maximum atomic E-state index is 12.5. The third-order valence-electron chi connectivity index (χ3n) is 4.12. The van der Waals surface area contributed by atoms with Crippen LogP contribution in [0.25, 0.3) is 11.0 Å². The Morgan fingerprint density at radius 1 is 1.33 bits per heavy atom. The molecule has 2 aromatic rings. The van der Waals surface area contributed by atoms with Crippen LogP contribution in [0, 0.1) is 5.92 Å². The second-order valence-corrected chi connectivity index (χ2v) is 6.48. The van der Waals surface area contributed by atoms with E-state index in [-0.39, 0.29) is 23.9 Å². The number of amides is 3. The smallest absolute Gasteiger partial charge is 0.317 e. The van der Waals surface area contributed by atoms with Gasteiger partial charge in [-0.15, -0.1) is 0 Å². The fourth-order valence-electron chi connectivity index (χ4n) is 2.94. The lowest BCUT2D eigenvalue weighted by Crippen LogP contribution is -2.49. The summed E-state index contributed by atoms with van der Waals surface area (Å²) in [5, 5.41) is 5.71. The first-order chi connectivity index (χ1) is 11.5. The number of nitrogens with zero attached hydrogens (tertiary/aromatic N) is 2. The molecule has 1 fully saturated rings. The number of aromatic nitrogens is 2. The topological polar surface area (TPSA) is 90.1 Å². The van der Waals surface area contributed by atoms with Crippen LogP contribution in [0.5, 0.6) is 0 Å². The molecular formula is C17H23N5O2. The second kappa shape index (κ2) is 6.90. The van der Waals surface area contributed by atoms with Crippen LogP contribution >= 0.6 is 0 Å². The van der Waals surface area contributed by atoms with Crippen molar-refractivity contribution in [3.8, 4) is 0 Å². The van der Waals surface area contributed by atoms with Crippen molar-refractivity contribution in [1.29, 1.82) is 0 Å². The van der Waals surface area contributed by atoms with E-state index in [1.54, 1.807) is 4.90 Å². The molecule has 1 aliphatic heterocycles. The highest BCUT2D eigenvalue weighted by atomic mass is 16.2. The van der Waals surface area contributed by atoms with Gasteiger partial charge in [-0.25, -0.2) is 9.78 Å². The standard InChI is InChI=1S/C17H23N5O2/c1-11(2)18-17(24)22-9-5-6-12(10-22)15(23)21-16-19-13-7-3-4-8-14(13)20-16/h3-4,7-8,11-12H,5-6,9-10H2,1-2H3,(H,18,24)(H2,19,20,21,23)/t12-/m0/s1. The van der Waals surface area contributed by atoms with Crippen LogP contribution in [-0.4, -0.2) is 45.9 Å². The maximum Gasteiger partial charge on any atom is 0.317 e. The Bertz CT molecular complexity index is 706. The third kappa shape index (κ3) is 3.67. The van der Waals surface area contributed by atoms with Crippen molar-refractivity contribution in [2.75, 3.05) is 18.4 Å². The van der Waals surface area contributed by atoms with Gasteiger partial charge in [0.15, 0.2) is 0 Å². The zero-order valence-corrected chi connectivity index (χ0v) is 14.0.